The van der Waals surface area contributed by atoms with Crippen LogP contribution in [0.3, 0.4) is 0 Å². The van der Waals surface area contributed by atoms with Gasteiger partial charge < -0.3 is 5.32 Å². The molecule has 0 fully saturated rings. The minimum Gasteiger partial charge on any atom is -0.311 e. The first-order valence-electron chi connectivity index (χ1n) is 5.58. The van der Waals surface area contributed by atoms with Crippen LogP contribution in [0, 0.1) is 5.82 Å². The van der Waals surface area contributed by atoms with E-state index in [0.717, 1.165) is 15.7 Å². The zero-order chi connectivity index (χ0) is 13.0. The predicted molar refractivity (Wildman–Crippen MR) is 71.6 cm³/mol. The molecule has 1 aromatic carbocycles. The van der Waals surface area contributed by atoms with Crippen LogP contribution in [0.25, 0.3) is 0 Å². The van der Waals surface area contributed by atoms with E-state index in [9.17, 15) is 4.39 Å². The van der Waals surface area contributed by atoms with Crippen molar-refractivity contribution in [2.45, 2.75) is 12.5 Å². The van der Waals surface area contributed by atoms with E-state index in [0.29, 0.717) is 6.42 Å². The van der Waals surface area contributed by atoms with Gasteiger partial charge in [-0.15, -0.1) is 0 Å². The molecule has 18 heavy (non-hydrogen) atoms. The van der Waals surface area contributed by atoms with Crippen LogP contribution >= 0.6 is 15.9 Å². The van der Waals surface area contributed by atoms with Crippen LogP contribution in [0.2, 0.25) is 0 Å². The SMILES string of the molecule is CNC(Cc1cc(F)ccc1Br)c1ccncn1. The van der Waals surface area contributed by atoms with Gasteiger partial charge in [0.25, 0.3) is 0 Å². The molecule has 3 nitrogen and oxygen atoms in total. The minimum atomic E-state index is -0.231. The average Bonchev–Trinajstić information content (AvgIpc) is 2.41. The Kier molecular flexibility index (Phi) is 4.38. The Hall–Kier alpha value is -1.33. The van der Waals surface area contributed by atoms with Crippen molar-refractivity contribution in [3.05, 3.63) is 58.3 Å². The Balaban J connectivity index is 2.23. The molecule has 0 amide bonds. The van der Waals surface area contributed by atoms with Crippen LogP contribution in [-0.4, -0.2) is 17.0 Å². The molecule has 1 unspecified atom stereocenters. The first-order chi connectivity index (χ1) is 8.70. The lowest BCUT2D eigenvalue weighted by Gasteiger charge is -2.16. The molecular formula is C13H13BrFN3. The van der Waals surface area contributed by atoms with Gasteiger partial charge in [0.2, 0.25) is 0 Å². The van der Waals surface area contributed by atoms with Crippen molar-refractivity contribution < 1.29 is 4.39 Å². The summed E-state index contributed by atoms with van der Waals surface area (Å²) in [7, 11) is 1.86. The molecule has 0 radical (unpaired) electrons. The van der Waals surface area contributed by atoms with Crippen molar-refractivity contribution in [2.75, 3.05) is 7.05 Å². The number of rotatable bonds is 4. The smallest absolute Gasteiger partial charge is 0.123 e. The van der Waals surface area contributed by atoms with E-state index in [4.69, 9.17) is 0 Å². The highest BCUT2D eigenvalue weighted by Crippen LogP contribution is 2.23. The van der Waals surface area contributed by atoms with Gasteiger partial charge >= 0.3 is 0 Å². The lowest BCUT2D eigenvalue weighted by molar-refractivity contribution is 0.568. The van der Waals surface area contributed by atoms with Crippen molar-refractivity contribution in [3.8, 4) is 0 Å². The summed E-state index contributed by atoms with van der Waals surface area (Å²) in [4.78, 5) is 8.11. The summed E-state index contributed by atoms with van der Waals surface area (Å²) in [5.74, 6) is -0.231. The fourth-order valence-electron chi connectivity index (χ4n) is 1.78. The van der Waals surface area contributed by atoms with Crippen LogP contribution in [0.5, 0.6) is 0 Å². The van der Waals surface area contributed by atoms with Crippen molar-refractivity contribution in [1.29, 1.82) is 0 Å². The maximum Gasteiger partial charge on any atom is 0.123 e. The molecule has 5 heteroatoms. The van der Waals surface area contributed by atoms with E-state index < -0.39 is 0 Å². The molecule has 1 heterocycles. The zero-order valence-electron chi connectivity index (χ0n) is 9.90. The lowest BCUT2D eigenvalue weighted by atomic mass is 10.0. The second kappa shape index (κ2) is 6.02. The van der Waals surface area contributed by atoms with E-state index in [1.54, 1.807) is 12.3 Å². The van der Waals surface area contributed by atoms with E-state index in [2.05, 4.69) is 31.2 Å². The molecule has 2 rings (SSSR count). The van der Waals surface area contributed by atoms with Gasteiger partial charge in [0.1, 0.15) is 12.1 Å². The summed E-state index contributed by atoms with van der Waals surface area (Å²) in [5.41, 5.74) is 1.80. The highest BCUT2D eigenvalue weighted by Gasteiger charge is 2.13. The van der Waals surface area contributed by atoms with Crippen LogP contribution in [-0.2, 0) is 6.42 Å². The van der Waals surface area contributed by atoms with Crippen LogP contribution < -0.4 is 5.32 Å². The summed E-state index contributed by atoms with van der Waals surface area (Å²) >= 11 is 3.43. The monoisotopic (exact) mass is 309 g/mol. The van der Waals surface area contributed by atoms with E-state index in [1.807, 2.05) is 13.1 Å². The summed E-state index contributed by atoms with van der Waals surface area (Å²) in [6, 6.07) is 6.58. The first kappa shape index (κ1) is 13.1. The summed E-state index contributed by atoms with van der Waals surface area (Å²) < 4.78 is 14.1. The molecule has 0 bridgehead atoms. The zero-order valence-corrected chi connectivity index (χ0v) is 11.5. The van der Waals surface area contributed by atoms with Gasteiger partial charge in [0.05, 0.1) is 11.7 Å². The topological polar surface area (TPSA) is 37.8 Å². The molecule has 0 saturated carbocycles. The number of likely N-dealkylation sites (N-methyl/N-ethyl adjacent to an activating group) is 1. The van der Waals surface area contributed by atoms with Gasteiger partial charge in [-0.2, -0.15) is 0 Å². The van der Waals surface area contributed by atoms with E-state index >= 15 is 0 Å². The number of hydrogen-bond donors (Lipinski definition) is 1. The van der Waals surface area contributed by atoms with Crippen molar-refractivity contribution in [2.24, 2.45) is 0 Å². The maximum absolute atomic E-state index is 13.2. The minimum absolute atomic E-state index is 0.0334. The Bertz CT molecular complexity index is 519. The third kappa shape index (κ3) is 3.11. The average molecular weight is 310 g/mol. The maximum atomic E-state index is 13.2. The fraction of sp³-hybridized carbons (Fsp3) is 0.231. The molecule has 0 aliphatic rings. The highest BCUT2D eigenvalue weighted by molar-refractivity contribution is 9.10. The number of hydrogen-bond acceptors (Lipinski definition) is 3. The second-order valence-electron chi connectivity index (χ2n) is 3.92. The van der Waals surface area contributed by atoms with Gasteiger partial charge in [0.15, 0.2) is 0 Å². The summed E-state index contributed by atoms with van der Waals surface area (Å²) in [5, 5.41) is 3.18. The van der Waals surface area contributed by atoms with E-state index in [-0.39, 0.29) is 11.9 Å². The summed E-state index contributed by atoms with van der Waals surface area (Å²) in [6.07, 6.45) is 3.87. The molecule has 0 spiro atoms. The lowest BCUT2D eigenvalue weighted by Crippen LogP contribution is -2.20. The largest absolute Gasteiger partial charge is 0.311 e. The molecule has 2 aromatic rings. The Morgan fingerprint density at radius 1 is 1.39 bits per heavy atom. The van der Waals surface area contributed by atoms with E-state index in [1.165, 1.54) is 18.5 Å². The third-order valence-electron chi connectivity index (χ3n) is 2.74. The molecule has 0 saturated heterocycles. The number of aromatic nitrogens is 2. The van der Waals surface area contributed by atoms with Crippen molar-refractivity contribution >= 4 is 15.9 Å². The van der Waals surface area contributed by atoms with Crippen LogP contribution in [0.4, 0.5) is 4.39 Å². The highest BCUT2D eigenvalue weighted by atomic mass is 79.9. The molecule has 1 aromatic heterocycles. The number of nitrogens with zero attached hydrogens (tertiary/aromatic N) is 2. The third-order valence-corrected chi connectivity index (χ3v) is 3.52. The molecular weight excluding hydrogens is 297 g/mol. The quantitative estimate of drug-likeness (QED) is 0.943. The number of nitrogens with one attached hydrogen (secondary N) is 1. The van der Waals surface area contributed by atoms with Crippen molar-refractivity contribution in [1.82, 2.24) is 15.3 Å². The molecule has 1 atom stereocenters. The number of benzene rings is 1. The molecule has 1 N–H and O–H groups in total. The second-order valence-corrected chi connectivity index (χ2v) is 4.77. The molecule has 0 aliphatic carbocycles. The fourth-order valence-corrected chi connectivity index (χ4v) is 2.19. The standard InChI is InChI=1S/C13H13BrFN3/c1-16-13(12-4-5-17-8-18-12)7-9-6-10(15)2-3-11(9)14/h2-6,8,13,16H,7H2,1H3. The van der Waals surface area contributed by atoms with Crippen LogP contribution in [0.1, 0.15) is 17.3 Å². The normalized spacial score (nSPS) is 12.4. The van der Waals surface area contributed by atoms with Gasteiger partial charge in [-0.25, -0.2) is 14.4 Å². The van der Waals surface area contributed by atoms with Crippen LogP contribution in [0.15, 0.2) is 41.3 Å². The molecule has 94 valence electrons. The van der Waals surface area contributed by atoms with Crippen molar-refractivity contribution in [3.63, 3.8) is 0 Å². The number of halogens is 2. The van der Waals surface area contributed by atoms with Gasteiger partial charge in [0, 0.05) is 10.7 Å². The first-order valence-corrected chi connectivity index (χ1v) is 6.37. The Labute approximate surface area is 114 Å². The Morgan fingerprint density at radius 3 is 2.89 bits per heavy atom. The van der Waals surface area contributed by atoms with Gasteiger partial charge in [-0.05, 0) is 43.3 Å². The molecule has 0 aliphatic heterocycles. The van der Waals surface area contributed by atoms with Gasteiger partial charge in [-0.1, -0.05) is 15.9 Å². The predicted octanol–water partition coefficient (Wildman–Crippen LogP) is 2.88. The van der Waals surface area contributed by atoms with Gasteiger partial charge in [-0.3, -0.25) is 0 Å². The Morgan fingerprint density at radius 2 is 2.22 bits per heavy atom. The summed E-state index contributed by atoms with van der Waals surface area (Å²) in [6.45, 7) is 0.